The quantitative estimate of drug-likeness (QED) is 0.723. The van der Waals surface area contributed by atoms with Crippen LogP contribution in [0.4, 0.5) is 0 Å². The van der Waals surface area contributed by atoms with E-state index in [0.717, 1.165) is 30.8 Å². The molecule has 0 saturated carbocycles. The fourth-order valence-corrected chi connectivity index (χ4v) is 4.49. The van der Waals surface area contributed by atoms with Crippen molar-refractivity contribution in [2.75, 3.05) is 0 Å². The summed E-state index contributed by atoms with van der Waals surface area (Å²) >= 11 is 0. The van der Waals surface area contributed by atoms with Gasteiger partial charge in [-0.25, -0.2) is 0 Å². The molecule has 0 saturated heterocycles. The Hall–Kier alpha value is -2.03. The van der Waals surface area contributed by atoms with E-state index in [4.69, 9.17) is 5.73 Å². The monoisotopic (exact) mass is 366 g/mol. The molecule has 0 unspecified atom stereocenters. The fraction of sp³-hybridized carbons (Fsp3) is 0.542. The molecule has 3 nitrogen and oxygen atoms in total. The van der Waals surface area contributed by atoms with Crippen LogP contribution in [0, 0.1) is 6.92 Å². The van der Waals surface area contributed by atoms with Gasteiger partial charge in [-0.15, -0.1) is 0 Å². The first-order valence-electron chi connectivity index (χ1n) is 10.2. The minimum Gasteiger partial charge on any atom is -0.366 e. The number of carbonyl (C=O) groups excluding carboxylic acids is 1. The van der Waals surface area contributed by atoms with Crippen LogP contribution in [-0.4, -0.2) is 10.5 Å². The minimum atomic E-state index is -0.344. The van der Waals surface area contributed by atoms with Crippen LogP contribution in [0.5, 0.6) is 0 Å². The summed E-state index contributed by atoms with van der Waals surface area (Å²) in [6, 6.07) is 8.88. The second-order valence-electron chi connectivity index (χ2n) is 9.43. The molecule has 3 heteroatoms. The van der Waals surface area contributed by atoms with Gasteiger partial charge in [0.05, 0.1) is 5.56 Å². The number of rotatable bonds is 5. The second kappa shape index (κ2) is 6.85. The second-order valence-corrected chi connectivity index (χ2v) is 9.43. The number of nitrogens with zero attached hydrogens (tertiary/aromatic N) is 1. The predicted molar refractivity (Wildman–Crippen MR) is 113 cm³/mol. The highest BCUT2D eigenvalue weighted by Crippen LogP contribution is 2.47. The van der Waals surface area contributed by atoms with Crippen LogP contribution in [0.2, 0.25) is 0 Å². The molecule has 0 radical (unpaired) electrons. The number of primary amides is 1. The molecule has 0 fully saturated rings. The molecule has 146 valence electrons. The van der Waals surface area contributed by atoms with Gasteiger partial charge in [-0.1, -0.05) is 53.2 Å². The van der Waals surface area contributed by atoms with Crippen molar-refractivity contribution < 1.29 is 4.79 Å². The van der Waals surface area contributed by atoms with Gasteiger partial charge in [0.1, 0.15) is 0 Å². The molecule has 1 aromatic carbocycles. The summed E-state index contributed by atoms with van der Waals surface area (Å²) in [5.41, 5.74) is 12.8. The Balaban J connectivity index is 2.18. The SMILES string of the molecule is CCCCn1c(-c2ccc3c(c2)C(C)(C)CCC3(C)C)cc(C(N)=O)c1C. The van der Waals surface area contributed by atoms with E-state index in [0.29, 0.717) is 5.56 Å². The molecule has 0 aliphatic heterocycles. The number of hydrogen-bond donors (Lipinski definition) is 1. The zero-order valence-electron chi connectivity index (χ0n) is 17.8. The lowest BCUT2D eigenvalue weighted by Gasteiger charge is -2.42. The number of nitrogens with two attached hydrogens (primary N) is 1. The van der Waals surface area contributed by atoms with Crippen molar-refractivity contribution in [1.82, 2.24) is 4.57 Å². The fourth-order valence-electron chi connectivity index (χ4n) is 4.49. The maximum absolute atomic E-state index is 11.9. The van der Waals surface area contributed by atoms with Crippen LogP contribution in [0.15, 0.2) is 24.3 Å². The van der Waals surface area contributed by atoms with E-state index in [9.17, 15) is 4.79 Å². The Morgan fingerprint density at radius 1 is 1.07 bits per heavy atom. The standard InChI is InChI=1S/C24H34N2O/c1-7-8-13-26-16(2)18(22(25)27)15-21(26)17-9-10-19-20(14-17)24(5,6)12-11-23(19,3)4/h9-10,14-15H,7-8,11-13H2,1-6H3,(H2,25,27). The van der Waals surface area contributed by atoms with Crippen LogP contribution in [0.3, 0.4) is 0 Å². The largest absolute Gasteiger partial charge is 0.366 e. The number of amides is 1. The summed E-state index contributed by atoms with van der Waals surface area (Å²) in [7, 11) is 0. The van der Waals surface area contributed by atoms with E-state index < -0.39 is 0 Å². The highest BCUT2D eigenvalue weighted by Gasteiger charge is 2.37. The molecular weight excluding hydrogens is 332 g/mol. The molecule has 2 N–H and O–H groups in total. The molecule has 2 aromatic rings. The van der Waals surface area contributed by atoms with Crippen LogP contribution in [0.1, 0.15) is 87.5 Å². The van der Waals surface area contributed by atoms with Crippen molar-refractivity contribution >= 4 is 5.91 Å². The number of carbonyl (C=O) groups is 1. The lowest BCUT2D eigenvalue weighted by Crippen LogP contribution is -2.33. The van der Waals surface area contributed by atoms with E-state index in [1.807, 2.05) is 13.0 Å². The van der Waals surface area contributed by atoms with Crippen molar-refractivity contribution in [2.45, 2.75) is 84.6 Å². The molecular formula is C24H34N2O. The van der Waals surface area contributed by atoms with Gasteiger partial charge in [0.15, 0.2) is 0 Å². The molecule has 27 heavy (non-hydrogen) atoms. The summed E-state index contributed by atoms with van der Waals surface area (Å²) in [6.45, 7) is 14.5. The zero-order valence-corrected chi connectivity index (χ0v) is 17.8. The lowest BCUT2D eigenvalue weighted by atomic mass is 9.63. The maximum atomic E-state index is 11.9. The first kappa shape index (κ1) is 19.7. The third kappa shape index (κ3) is 3.44. The third-order valence-electron chi connectivity index (χ3n) is 6.52. The highest BCUT2D eigenvalue weighted by molar-refractivity contribution is 5.95. The van der Waals surface area contributed by atoms with E-state index in [1.165, 1.54) is 29.5 Å². The number of hydrogen-bond acceptors (Lipinski definition) is 1. The first-order chi connectivity index (χ1) is 12.6. The first-order valence-corrected chi connectivity index (χ1v) is 10.2. The molecule has 3 rings (SSSR count). The number of fused-ring (bicyclic) bond motifs is 1. The Kier molecular flexibility index (Phi) is 5.00. The molecule has 0 spiro atoms. The topological polar surface area (TPSA) is 48.0 Å². The molecule has 1 aliphatic carbocycles. The van der Waals surface area contributed by atoms with Crippen LogP contribution >= 0.6 is 0 Å². The van der Waals surface area contributed by atoms with Gasteiger partial charge in [0.2, 0.25) is 0 Å². The number of benzene rings is 1. The Labute approximate surface area is 164 Å². The van der Waals surface area contributed by atoms with E-state index >= 15 is 0 Å². The third-order valence-corrected chi connectivity index (χ3v) is 6.52. The normalized spacial score (nSPS) is 17.6. The Morgan fingerprint density at radius 3 is 2.30 bits per heavy atom. The molecule has 0 bridgehead atoms. The summed E-state index contributed by atoms with van der Waals surface area (Å²) in [4.78, 5) is 11.9. The van der Waals surface area contributed by atoms with Gasteiger partial charge in [0.25, 0.3) is 5.91 Å². The van der Waals surface area contributed by atoms with Crippen molar-refractivity contribution in [3.8, 4) is 11.3 Å². The van der Waals surface area contributed by atoms with Gasteiger partial charge in [0, 0.05) is 17.9 Å². The van der Waals surface area contributed by atoms with Crippen molar-refractivity contribution in [3.63, 3.8) is 0 Å². The highest BCUT2D eigenvalue weighted by atomic mass is 16.1. The summed E-state index contributed by atoms with van der Waals surface area (Å²) in [5, 5.41) is 0. The average Bonchev–Trinajstić information content (AvgIpc) is 2.94. The summed E-state index contributed by atoms with van der Waals surface area (Å²) < 4.78 is 2.27. The van der Waals surface area contributed by atoms with E-state index in [-0.39, 0.29) is 16.7 Å². The van der Waals surface area contributed by atoms with Gasteiger partial charge in [-0.05, 0) is 65.8 Å². The molecule has 1 aromatic heterocycles. The number of unbranched alkanes of at least 4 members (excludes halogenated alkanes) is 1. The van der Waals surface area contributed by atoms with Crippen LogP contribution < -0.4 is 5.73 Å². The van der Waals surface area contributed by atoms with Crippen LogP contribution in [-0.2, 0) is 17.4 Å². The predicted octanol–water partition coefficient (Wildman–Crippen LogP) is 5.71. The van der Waals surface area contributed by atoms with Gasteiger partial charge in [-0.3, -0.25) is 4.79 Å². The summed E-state index contributed by atoms with van der Waals surface area (Å²) in [6.07, 6.45) is 4.61. The minimum absolute atomic E-state index is 0.170. The van der Waals surface area contributed by atoms with E-state index in [1.54, 1.807) is 0 Å². The smallest absolute Gasteiger partial charge is 0.250 e. The van der Waals surface area contributed by atoms with Gasteiger partial charge >= 0.3 is 0 Å². The van der Waals surface area contributed by atoms with E-state index in [2.05, 4.69) is 57.4 Å². The molecule has 1 amide bonds. The van der Waals surface area contributed by atoms with Crippen molar-refractivity contribution in [2.24, 2.45) is 5.73 Å². The van der Waals surface area contributed by atoms with Crippen LogP contribution in [0.25, 0.3) is 11.3 Å². The average molecular weight is 367 g/mol. The molecule has 0 atom stereocenters. The van der Waals surface area contributed by atoms with Crippen molar-refractivity contribution in [1.29, 1.82) is 0 Å². The molecule has 1 aliphatic rings. The maximum Gasteiger partial charge on any atom is 0.250 e. The number of aromatic nitrogens is 1. The van der Waals surface area contributed by atoms with Gasteiger partial charge in [-0.2, -0.15) is 0 Å². The Bertz CT molecular complexity index is 871. The van der Waals surface area contributed by atoms with Gasteiger partial charge < -0.3 is 10.3 Å². The zero-order chi connectivity index (χ0) is 20.0. The lowest BCUT2D eigenvalue weighted by molar-refractivity contribution is 0.0999. The van der Waals surface area contributed by atoms with Crippen molar-refractivity contribution in [3.05, 3.63) is 46.6 Å². The summed E-state index contributed by atoms with van der Waals surface area (Å²) in [5.74, 6) is -0.344. The Morgan fingerprint density at radius 2 is 1.70 bits per heavy atom. The molecule has 1 heterocycles.